The average molecular weight is 270 g/mol. The SMILES string of the molecule is CCOC1(C(N)c2cccc3ccncc23)CCCC1. The lowest BCUT2D eigenvalue weighted by Crippen LogP contribution is -2.41. The van der Waals surface area contributed by atoms with Crippen molar-refractivity contribution in [3.05, 3.63) is 42.2 Å². The maximum absolute atomic E-state index is 6.63. The second kappa shape index (κ2) is 5.51. The Morgan fingerprint density at radius 3 is 2.85 bits per heavy atom. The van der Waals surface area contributed by atoms with E-state index in [1.165, 1.54) is 18.2 Å². The first-order valence-corrected chi connectivity index (χ1v) is 7.49. The van der Waals surface area contributed by atoms with Gasteiger partial charge in [0.05, 0.1) is 11.6 Å². The first kappa shape index (κ1) is 13.5. The van der Waals surface area contributed by atoms with Gasteiger partial charge in [0.1, 0.15) is 0 Å². The van der Waals surface area contributed by atoms with Crippen LogP contribution >= 0.6 is 0 Å². The van der Waals surface area contributed by atoms with Crippen LogP contribution in [0.5, 0.6) is 0 Å². The molecule has 0 saturated heterocycles. The topological polar surface area (TPSA) is 48.1 Å². The zero-order valence-corrected chi connectivity index (χ0v) is 12.0. The maximum atomic E-state index is 6.63. The number of benzene rings is 1. The average Bonchev–Trinajstić information content (AvgIpc) is 2.96. The quantitative estimate of drug-likeness (QED) is 0.923. The third-order valence-electron chi connectivity index (χ3n) is 4.50. The van der Waals surface area contributed by atoms with E-state index >= 15 is 0 Å². The van der Waals surface area contributed by atoms with E-state index in [1.807, 2.05) is 18.5 Å². The minimum absolute atomic E-state index is 0.0853. The minimum Gasteiger partial charge on any atom is -0.373 e. The Hall–Kier alpha value is -1.45. The van der Waals surface area contributed by atoms with Gasteiger partial charge in [0.2, 0.25) is 0 Å². The van der Waals surface area contributed by atoms with E-state index in [9.17, 15) is 0 Å². The van der Waals surface area contributed by atoms with E-state index in [2.05, 4.69) is 30.1 Å². The highest BCUT2D eigenvalue weighted by Gasteiger charge is 2.41. The Morgan fingerprint density at radius 2 is 2.10 bits per heavy atom. The van der Waals surface area contributed by atoms with Crippen molar-refractivity contribution in [2.75, 3.05) is 6.61 Å². The number of fused-ring (bicyclic) bond motifs is 1. The van der Waals surface area contributed by atoms with Crippen LogP contribution in [0.25, 0.3) is 10.8 Å². The van der Waals surface area contributed by atoms with E-state index in [1.54, 1.807) is 0 Å². The van der Waals surface area contributed by atoms with Crippen LogP contribution in [0.15, 0.2) is 36.7 Å². The van der Waals surface area contributed by atoms with Crippen molar-refractivity contribution >= 4 is 10.8 Å². The monoisotopic (exact) mass is 270 g/mol. The second-order valence-electron chi connectivity index (χ2n) is 5.63. The van der Waals surface area contributed by atoms with E-state index in [4.69, 9.17) is 10.5 Å². The molecule has 1 aliphatic carbocycles. The number of nitrogens with zero attached hydrogens (tertiary/aromatic N) is 1. The van der Waals surface area contributed by atoms with Gasteiger partial charge in [-0.3, -0.25) is 4.98 Å². The number of aromatic nitrogens is 1. The van der Waals surface area contributed by atoms with Gasteiger partial charge in [0, 0.05) is 24.4 Å². The van der Waals surface area contributed by atoms with Crippen molar-refractivity contribution in [2.24, 2.45) is 5.73 Å². The molecule has 0 amide bonds. The molecule has 3 heteroatoms. The number of hydrogen-bond acceptors (Lipinski definition) is 3. The molecule has 1 atom stereocenters. The highest BCUT2D eigenvalue weighted by Crippen LogP contribution is 2.43. The molecule has 2 N–H and O–H groups in total. The number of hydrogen-bond donors (Lipinski definition) is 1. The van der Waals surface area contributed by atoms with Crippen LogP contribution in [0, 0.1) is 0 Å². The van der Waals surface area contributed by atoms with Gasteiger partial charge in [-0.25, -0.2) is 0 Å². The third kappa shape index (κ3) is 2.21. The van der Waals surface area contributed by atoms with Gasteiger partial charge < -0.3 is 10.5 Å². The van der Waals surface area contributed by atoms with Crippen molar-refractivity contribution < 1.29 is 4.74 Å². The normalized spacial score (nSPS) is 19.3. The summed E-state index contributed by atoms with van der Waals surface area (Å²) in [5.74, 6) is 0. The molecule has 1 aromatic carbocycles. The van der Waals surface area contributed by atoms with E-state index in [0.717, 1.165) is 30.4 Å². The molecule has 3 rings (SSSR count). The number of ether oxygens (including phenoxy) is 1. The summed E-state index contributed by atoms with van der Waals surface area (Å²) < 4.78 is 6.11. The molecular weight excluding hydrogens is 248 g/mol. The van der Waals surface area contributed by atoms with E-state index in [-0.39, 0.29) is 11.6 Å². The van der Waals surface area contributed by atoms with Gasteiger partial charge in [-0.05, 0) is 36.8 Å². The summed E-state index contributed by atoms with van der Waals surface area (Å²) in [6.45, 7) is 2.77. The van der Waals surface area contributed by atoms with E-state index in [0.29, 0.717) is 0 Å². The van der Waals surface area contributed by atoms with Gasteiger partial charge in [-0.15, -0.1) is 0 Å². The molecule has 1 aromatic heterocycles. The van der Waals surface area contributed by atoms with Crippen molar-refractivity contribution in [2.45, 2.75) is 44.2 Å². The van der Waals surface area contributed by atoms with Crippen LogP contribution in [0.2, 0.25) is 0 Å². The largest absolute Gasteiger partial charge is 0.373 e. The predicted octanol–water partition coefficient (Wildman–Crippen LogP) is 3.58. The summed E-state index contributed by atoms with van der Waals surface area (Å²) in [4.78, 5) is 4.25. The standard InChI is InChI=1S/C17H22N2O/c1-2-20-17(9-3-4-10-17)16(18)14-7-5-6-13-8-11-19-12-15(13)14/h5-8,11-12,16H,2-4,9-10,18H2,1H3. The van der Waals surface area contributed by atoms with Crippen LogP contribution < -0.4 is 5.73 Å². The van der Waals surface area contributed by atoms with Gasteiger partial charge in [0.15, 0.2) is 0 Å². The fraction of sp³-hybridized carbons (Fsp3) is 0.471. The molecule has 20 heavy (non-hydrogen) atoms. The molecule has 2 aromatic rings. The Kier molecular flexibility index (Phi) is 3.72. The molecule has 1 aliphatic rings. The molecule has 0 spiro atoms. The fourth-order valence-electron chi connectivity index (χ4n) is 3.50. The Morgan fingerprint density at radius 1 is 1.30 bits per heavy atom. The van der Waals surface area contributed by atoms with Crippen molar-refractivity contribution in [1.82, 2.24) is 4.98 Å². The highest BCUT2D eigenvalue weighted by atomic mass is 16.5. The third-order valence-corrected chi connectivity index (χ3v) is 4.50. The zero-order chi connectivity index (χ0) is 14.0. The Balaban J connectivity index is 2.05. The Bertz CT molecular complexity index is 585. The van der Waals surface area contributed by atoms with Crippen LogP contribution in [-0.4, -0.2) is 17.2 Å². The molecule has 1 saturated carbocycles. The Labute approximate surface area is 120 Å². The van der Waals surface area contributed by atoms with Crippen molar-refractivity contribution in [3.8, 4) is 0 Å². The van der Waals surface area contributed by atoms with Crippen molar-refractivity contribution in [3.63, 3.8) is 0 Å². The van der Waals surface area contributed by atoms with Crippen LogP contribution in [0.3, 0.4) is 0 Å². The van der Waals surface area contributed by atoms with Crippen LogP contribution in [0.1, 0.15) is 44.2 Å². The van der Waals surface area contributed by atoms with Gasteiger partial charge in [-0.2, -0.15) is 0 Å². The fourth-order valence-corrected chi connectivity index (χ4v) is 3.50. The minimum atomic E-state index is -0.196. The number of rotatable bonds is 4. The molecule has 1 unspecified atom stereocenters. The molecule has 0 radical (unpaired) electrons. The van der Waals surface area contributed by atoms with Gasteiger partial charge >= 0.3 is 0 Å². The first-order chi connectivity index (χ1) is 9.77. The molecular formula is C17H22N2O. The molecule has 0 bridgehead atoms. The predicted molar refractivity (Wildman–Crippen MR) is 81.5 cm³/mol. The highest BCUT2D eigenvalue weighted by molar-refractivity contribution is 5.85. The van der Waals surface area contributed by atoms with E-state index < -0.39 is 0 Å². The summed E-state index contributed by atoms with van der Waals surface area (Å²) >= 11 is 0. The molecule has 106 valence electrons. The lowest BCUT2D eigenvalue weighted by Gasteiger charge is -2.35. The summed E-state index contributed by atoms with van der Waals surface area (Å²) in [5.41, 5.74) is 7.60. The van der Waals surface area contributed by atoms with Crippen LogP contribution in [-0.2, 0) is 4.74 Å². The summed E-state index contributed by atoms with van der Waals surface area (Å²) in [6.07, 6.45) is 8.26. The van der Waals surface area contributed by atoms with Crippen LogP contribution in [0.4, 0.5) is 0 Å². The van der Waals surface area contributed by atoms with Gasteiger partial charge in [-0.1, -0.05) is 31.0 Å². The smallest absolute Gasteiger partial charge is 0.0874 e. The lowest BCUT2D eigenvalue weighted by molar-refractivity contribution is -0.0533. The molecule has 1 fully saturated rings. The number of nitrogens with two attached hydrogens (primary N) is 1. The summed E-state index contributed by atoms with van der Waals surface area (Å²) in [7, 11) is 0. The zero-order valence-electron chi connectivity index (χ0n) is 12.0. The first-order valence-electron chi connectivity index (χ1n) is 7.49. The number of pyridine rings is 1. The maximum Gasteiger partial charge on any atom is 0.0874 e. The second-order valence-corrected chi connectivity index (χ2v) is 5.63. The summed E-state index contributed by atoms with van der Waals surface area (Å²) in [5, 5.41) is 2.34. The molecule has 1 heterocycles. The summed E-state index contributed by atoms with van der Waals surface area (Å²) in [6, 6.07) is 8.25. The molecule has 0 aliphatic heterocycles. The van der Waals surface area contributed by atoms with Gasteiger partial charge in [0.25, 0.3) is 0 Å². The van der Waals surface area contributed by atoms with Crippen molar-refractivity contribution in [1.29, 1.82) is 0 Å². The lowest BCUT2D eigenvalue weighted by atomic mass is 9.85. The molecule has 3 nitrogen and oxygen atoms in total.